The molecule has 0 radical (unpaired) electrons. The number of hydrogen-bond acceptors (Lipinski definition) is 5. The van der Waals surface area contributed by atoms with Crippen LogP contribution in [0.15, 0.2) is 27.6 Å². The summed E-state index contributed by atoms with van der Waals surface area (Å²) in [6, 6.07) is 2.69. The molecule has 1 heterocycles. The van der Waals surface area contributed by atoms with Crippen LogP contribution >= 0.6 is 0 Å². The lowest BCUT2D eigenvalue weighted by atomic mass is 10.1. The first-order valence-electron chi connectivity index (χ1n) is 6.66. The van der Waals surface area contributed by atoms with Crippen LogP contribution in [0.3, 0.4) is 0 Å². The molecule has 2 aromatic rings. The number of benzene rings is 1. The lowest BCUT2D eigenvalue weighted by Crippen LogP contribution is -2.32. The number of hydrogen-bond donors (Lipinski definition) is 1. The number of nitrogens with zero attached hydrogens (tertiary/aromatic N) is 2. The molecule has 23 heavy (non-hydrogen) atoms. The van der Waals surface area contributed by atoms with Crippen LogP contribution in [0.2, 0.25) is 0 Å². The van der Waals surface area contributed by atoms with E-state index in [2.05, 4.69) is 5.16 Å². The van der Waals surface area contributed by atoms with Gasteiger partial charge in [-0.25, -0.2) is 17.2 Å². The Labute approximate surface area is 132 Å². The van der Waals surface area contributed by atoms with E-state index >= 15 is 0 Å². The standard InChI is InChI=1S/C14H16F2N2O4S/c1-8-14(9(2)22-17-8)23(20,21)18(3)7-13(19)11-5-4-10(15)6-12(11)16/h4-6,13,19H,7H2,1-3H3. The van der Waals surface area contributed by atoms with Crippen LogP contribution in [-0.2, 0) is 10.0 Å². The van der Waals surface area contributed by atoms with Crippen molar-refractivity contribution in [3.63, 3.8) is 0 Å². The number of aromatic nitrogens is 1. The van der Waals surface area contributed by atoms with Crippen LogP contribution in [0.4, 0.5) is 8.78 Å². The molecular weight excluding hydrogens is 330 g/mol. The first-order valence-corrected chi connectivity index (χ1v) is 8.10. The summed E-state index contributed by atoms with van der Waals surface area (Å²) < 4.78 is 57.3. The van der Waals surface area contributed by atoms with Crippen molar-refractivity contribution in [3.05, 3.63) is 46.9 Å². The number of aliphatic hydroxyl groups excluding tert-OH is 1. The van der Waals surface area contributed by atoms with Gasteiger partial charge in [0.05, 0.1) is 6.10 Å². The average Bonchev–Trinajstić information content (AvgIpc) is 2.78. The van der Waals surface area contributed by atoms with Crippen molar-refractivity contribution in [1.82, 2.24) is 9.46 Å². The Morgan fingerprint density at radius 1 is 1.35 bits per heavy atom. The lowest BCUT2D eigenvalue weighted by Gasteiger charge is -2.21. The predicted octanol–water partition coefficient (Wildman–Crippen LogP) is 1.92. The zero-order valence-corrected chi connectivity index (χ0v) is 13.6. The first-order chi connectivity index (χ1) is 10.6. The van der Waals surface area contributed by atoms with Gasteiger partial charge in [0.2, 0.25) is 10.0 Å². The smallest absolute Gasteiger partial charge is 0.248 e. The van der Waals surface area contributed by atoms with Crippen molar-refractivity contribution in [2.45, 2.75) is 24.8 Å². The van der Waals surface area contributed by atoms with Crippen LogP contribution < -0.4 is 0 Å². The highest BCUT2D eigenvalue weighted by molar-refractivity contribution is 7.89. The van der Waals surface area contributed by atoms with Gasteiger partial charge in [0.15, 0.2) is 5.76 Å². The molecule has 1 N–H and O–H groups in total. The van der Waals surface area contributed by atoms with Gasteiger partial charge in [-0.1, -0.05) is 11.2 Å². The molecule has 0 aliphatic carbocycles. The molecule has 0 amide bonds. The largest absolute Gasteiger partial charge is 0.387 e. The molecule has 0 bridgehead atoms. The molecule has 2 rings (SSSR count). The molecule has 1 aromatic heterocycles. The van der Waals surface area contributed by atoms with Gasteiger partial charge in [-0.3, -0.25) is 0 Å². The fourth-order valence-corrected chi connectivity index (χ4v) is 3.67. The number of sulfonamides is 1. The maximum absolute atomic E-state index is 13.7. The quantitative estimate of drug-likeness (QED) is 0.894. The van der Waals surface area contributed by atoms with Crippen LogP contribution in [0.25, 0.3) is 0 Å². The third kappa shape index (κ3) is 3.41. The van der Waals surface area contributed by atoms with Gasteiger partial charge in [0.1, 0.15) is 22.2 Å². The van der Waals surface area contributed by atoms with Gasteiger partial charge in [0, 0.05) is 25.2 Å². The van der Waals surface area contributed by atoms with E-state index in [1.807, 2.05) is 0 Å². The van der Waals surface area contributed by atoms with E-state index in [4.69, 9.17) is 4.52 Å². The molecule has 1 unspecified atom stereocenters. The van der Waals surface area contributed by atoms with Crippen LogP contribution in [0.5, 0.6) is 0 Å². The molecule has 1 atom stereocenters. The number of rotatable bonds is 5. The normalized spacial score (nSPS) is 13.5. The zero-order chi connectivity index (χ0) is 17.4. The highest BCUT2D eigenvalue weighted by Gasteiger charge is 2.30. The molecule has 0 aliphatic rings. The summed E-state index contributed by atoms with van der Waals surface area (Å²) in [5.41, 5.74) is 0.00372. The topological polar surface area (TPSA) is 83.6 Å². The molecule has 0 spiro atoms. The molecule has 0 saturated heterocycles. The van der Waals surface area contributed by atoms with Crippen molar-refractivity contribution < 1.29 is 26.8 Å². The minimum atomic E-state index is -3.96. The van der Waals surface area contributed by atoms with E-state index in [-0.39, 0.29) is 21.9 Å². The molecule has 9 heteroatoms. The Balaban J connectivity index is 2.26. The summed E-state index contributed by atoms with van der Waals surface area (Å²) in [6.07, 6.45) is -1.45. The van der Waals surface area contributed by atoms with Crippen LogP contribution in [0.1, 0.15) is 23.1 Å². The molecular formula is C14H16F2N2O4S. The summed E-state index contributed by atoms with van der Waals surface area (Å²) in [7, 11) is -2.72. The Hall–Kier alpha value is -1.84. The SMILES string of the molecule is Cc1noc(C)c1S(=O)(=O)N(C)CC(O)c1ccc(F)cc1F. The molecule has 6 nitrogen and oxygen atoms in total. The minimum Gasteiger partial charge on any atom is -0.387 e. The monoisotopic (exact) mass is 346 g/mol. The minimum absolute atomic E-state index is 0.0909. The summed E-state index contributed by atoms with van der Waals surface area (Å²) >= 11 is 0. The van der Waals surface area contributed by atoms with Crippen LogP contribution in [0, 0.1) is 25.5 Å². The second-order valence-corrected chi connectivity index (χ2v) is 7.10. The summed E-state index contributed by atoms with van der Waals surface area (Å²) in [5, 5.41) is 13.6. The summed E-state index contributed by atoms with van der Waals surface area (Å²) in [5.74, 6) is -1.60. The molecule has 126 valence electrons. The number of halogens is 2. The molecule has 0 fully saturated rings. The van der Waals surface area contributed by atoms with E-state index in [0.29, 0.717) is 6.07 Å². The third-order valence-electron chi connectivity index (χ3n) is 3.39. The molecule has 0 saturated carbocycles. The second kappa shape index (κ2) is 6.34. The maximum atomic E-state index is 13.7. The van der Waals surface area contributed by atoms with Crippen molar-refractivity contribution in [3.8, 4) is 0 Å². The fraction of sp³-hybridized carbons (Fsp3) is 0.357. The maximum Gasteiger partial charge on any atom is 0.248 e. The third-order valence-corrected chi connectivity index (χ3v) is 5.46. The second-order valence-electron chi connectivity index (χ2n) is 5.12. The summed E-state index contributed by atoms with van der Waals surface area (Å²) in [6.45, 7) is 2.53. The van der Waals surface area contributed by atoms with Crippen molar-refractivity contribution in [2.75, 3.05) is 13.6 Å². The predicted molar refractivity (Wildman–Crippen MR) is 77.1 cm³/mol. The molecule has 1 aromatic carbocycles. The fourth-order valence-electron chi connectivity index (χ4n) is 2.21. The van der Waals surface area contributed by atoms with Crippen molar-refractivity contribution >= 4 is 10.0 Å². The number of aryl methyl sites for hydroxylation is 2. The van der Waals surface area contributed by atoms with E-state index in [9.17, 15) is 22.3 Å². The Kier molecular flexibility index (Phi) is 4.83. The van der Waals surface area contributed by atoms with Crippen LogP contribution in [-0.4, -0.2) is 36.6 Å². The highest BCUT2D eigenvalue weighted by Crippen LogP contribution is 2.25. The van der Waals surface area contributed by atoms with Gasteiger partial charge in [-0.2, -0.15) is 4.31 Å². The van der Waals surface area contributed by atoms with Gasteiger partial charge in [-0.05, 0) is 19.9 Å². The van der Waals surface area contributed by atoms with Gasteiger partial charge in [-0.15, -0.1) is 0 Å². The number of aliphatic hydroxyl groups is 1. The summed E-state index contributed by atoms with van der Waals surface area (Å²) in [4.78, 5) is -0.0909. The zero-order valence-electron chi connectivity index (χ0n) is 12.7. The van der Waals surface area contributed by atoms with Gasteiger partial charge in [0.25, 0.3) is 0 Å². The Morgan fingerprint density at radius 2 is 2.00 bits per heavy atom. The lowest BCUT2D eigenvalue weighted by molar-refractivity contribution is 0.150. The Morgan fingerprint density at radius 3 is 2.52 bits per heavy atom. The van der Waals surface area contributed by atoms with Crippen molar-refractivity contribution in [2.24, 2.45) is 0 Å². The first kappa shape index (κ1) is 17.5. The van der Waals surface area contributed by atoms with Gasteiger partial charge < -0.3 is 9.63 Å². The Bertz CT molecular complexity index is 801. The van der Waals surface area contributed by atoms with E-state index < -0.39 is 34.3 Å². The average molecular weight is 346 g/mol. The van der Waals surface area contributed by atoms with E-state index in [1.54, 1.807) is 0 Å². The highest BCUT2D eigenvalue weighted by atomic mass is 32.2. The molecule has 0 aliphatic heterocycles. The van der Waals surface area contributed by atoms with Crippen molar-refractivity contribution in [1.29, 1.82) is 0 Å². The van der Waals surface area contributed by atoms with E-state index in [1.165, 1.54) is 20.9 Å². The van der Waals surface area contributed by atoms with E-state index in [0.717, 1.165) is 16.4 Å². The van der Waals surface area contributed by atoms with Gasteiger partial charge >= 0.3 is 0 Å². The number of likely N-dealkylation sites (N-methyl/N-ethyl adjacent to an activating group) is 1.